The summed E-state index contributed by atoms with van der Waals surface area (Å²) in [6.07, 6.45) is 2.89. The number of hydrogen-bond acceptors (Lipinski definition) is 3. The van der Waals surface area contributed by atoms with Crippen LogP contribution in [-0.4, -0.2) is 19.2 Å². The second-order valence-electron chi connectivity index (χ2n) is 3.76. The molecule has 0 radical (unpaired) electrons. The Bertz CT molecular complexity index is 382. The fourth-order valence-corrected chi connectivity index (χ4v) is 1.56. The molecule has 0 saturated heterocycles. The first-order valence-electron chi connectivity index (χ1n) is 6.30. The van der Waals surface area contributed by atoms with Crippen LogP contribution in [-0.2, 0) is 14.3 Å². The van der Waals surface area contributed by atoms with E-state index in [9.17, 15) is 4.79 Å². The summed E-state index contributed by atoms with van der Waals surface area (Å²) in [7, 11) is 0. The molecule has 1 aromatic carbocycles. The molecule has 1 aromatic rings. The summed E-state index contributed by atoms with van der Waals surface area (Å²) in [6, 6.07) is 9.92. The van der Waals surface area contributed by atoms with Gasteiger partial charge in [-0.25, -0.2) is 0 Å². The summed E-state index contributed by atoms with van der Waals surface area (Å²) in [5.41, 5.74) is 1.07. The number of allylic oxidation sites excluding steroid dienone is 1. The molecule has 0 atom stereocenters. The number of carbonyl (C=O) groups excluding carboxylic acids is 1. The van der Waals surface area contributed by atoms with E-state index in [2.05, 4.69) is 0 Å². The minimum absolute atomic E-state index is 0.184. The van der Waals surface area contributed by atoms with Crippen LogP contribution in [0.5, 0.6) is 0 Å². The fourth-order valence-electron chi connectivity index (χ4n) is 1.56. The molecule has 0 heterocycles. The molecule has 0 N–H and O–H groups in total. The van der Waals surface area contributed by atoms with Gasteiger partial charge in [-0.05, 0) is 25.5 Å². The maximum Gasteiger partial charge on any atom is 0.306 e. The van der Waals surface area contributed by atoms with Crippen LogP contribution in [0.4, 0.5) is 0 Å². The van der Waals surface area contributed by atoms with E-state index < -0.39 is 0 Å². The van der Waals surface area contributed by atoms with Crippen LogP contribution in [0, 0.1) is 0 Å². The van der Waals surface area contributed by atoms with Gasteiger partial charge in [-0.15, -0.1) is 0 Å². The molecule has 0 unspecified atom stereocenters. The molecule has 0 fully saturated rings. The number of ether oxygens (including phenoxy) is 2. The van der Waals surface area contributed by atoms with Crippen molar-refractivity contribution >= 4 is 12.0 Å². The minimum Gasteiger partial charge on any atom is -0.498 e. The molecular weight excluding hydrogens is 228 g/mol. The predicted octanol–water partition coefficient (Wildman–Crippen LogP) is 3.41. The number of carbonyl (C=O) groups is 1. The number of benzene rings is 1. The summed E-state index contributed by atoms with van der Waals surface area (Å²) >= 11 is 0. The van der Waals surface area contributed by atoms with E-state index in [1.165, 1.54) is 0 Å². The van der Waals surface area contributed by atoms with Gasteiger partial charge in [-0.3, -0.25) is 4.79 Å². The van der Waals surface area contributed by atoms with Gasteiger partial charge in [0.25, 0.3) is 0 Å². The van der Waals surface area contributed by atoms with Crippen molar-refractivity contribution in [2.45, 2.75) is 26.7 Å². The van der Waals surface area contributed by atoms with Crippen molar-refractivity contribution in [2.75, 3.05) is 13.2 Å². The topological polar surface area (TPSA) is 35.5 Å². The molecular formula is C15H20O3. The third-order valence-corrected chi connectivity index (χ3v) is 2.34. The first kappa shape index (κ1) is 14.3. The van der Waals surface area contributed by atoms with E-state index in [0.717, 1.165) is 11.3 Å². The lowest BCUT2D eigenvalue weighted by Crippen LogP contribution is -2.05. The van der Waals surface area contributed by atoms with E-state index in [0.29, 0.717) is 26.1 Å². The Morgan fingerprint density at radius 1 is 1.06 bits per heavy atom. The van der Waals surface area contributed by atoms with Gasteiger partial charge in [-0.1, -0.05) is 30.3 Å². The lowest BCUT2D eigenvalue weighted by atomic mass is 10.1. The molecule has 18 heavy (non-hydrogen) atoms. The number of esters is 1. The van der Waals surface area contributed by atoms with Crippen molar-refractivity contribution in [1.82, 2.24) is 0 Å². The van der Waals surface area contributed by atoms with Crippen molar-refractivity contribution in [3.8, 4) is 0 Å². The van der Waals surface area contributed by atoms with Gasteiger partial charge in [-0.2, -0.15) is 0 Å². The number of rotatable bonds is 7. The number of hydrogen-bond donors (Lipinski definition) is 0. The SMILES string of the molecule is CCOC(=O)CCC(=Cc1ccccc1)OCC. The Morgan fingerprint density at radius 3 is 2.33 bits per heavy atom. The zero-order chi connectivity index (χ0) is 13.2. The highest BCUT2D eigenvalue weighted by molar-refractivity contribution is 5.69. The maximum atomic E-state index is 11.3. The van der Waals surface area contributed by atoms with Crippen LogP contribution < -0.4 is 0 Å². The molecule has 1 rings (SSSR count). The molecule has 0 spiro atoms. The van der Waals surface area contributed by atoms with E-state index in [-0.39, 0.29) is 5.97 Å². The summed E-state index contributed by atoms with van der Waals surface area (Å²) in [4.78, 5) is 11.3. The van der Waals surface area contributed by atoms with E-state index in [4.69, 9.17) is 9.47 Å². The van der Waals surface area contributed by atoms with E-state index in [1.807, 2.05) is 43.3 Å². The highest BCUT2D eigenvalue weighted by atomic mass is 16.5. The molecule has 0 aliphatic heterocycles. The van der Waals surface area contributed by atoms with Gasteiger partial charge < -0.3 is 9.47 Å². The van der Waals surface area contributed by atoms with Gasteiger partial charge in [0.1, 0.15) is 0 Å². The van der Waals surface area contributed by atoms with Crippen LogP contribution in [0.1, 0.15) is 32.3 Å². The zero-order valence-electron chi connectivity index (χ0n) is 11.0. The Hall–Kier alpha value is -1.77. The third-order valence-electron chi connectivity index (χ3n) is 2.34. The monoisotopic (exact) mass is 248 g/mol. The Morgan fingerprint density at radius 2 is 1.72 bits per heavy atom. The van der Waals surface area contributed by atoms with Crippen molar-refractivity contribution in [1.29, 1.82) is 0 Å². The molecule has 0 bridgehead atoms. The summed E-state index contributed by atoms with van der Waals surface area (Å²) in [5, 5.41) is 0. The van der Waals surface area contributed by atoms with Gasteiger partial charge in [0.2, 0.25) is 0 Å². The average Bonchev–Trinajstić information content (AvgIpc) is 2.38. The van der Waals surface area contributed by atoms with Crippen LogP contribution in [0.25, 0.3) is 6.08 Å². The van der Waals surface area contributed by atoms with Crippen molar-refractivity contribution in [3.05, 3.63) is 41.7 Å². The molecule has 0 saturated carbocycles. The fraction of sp³-hybridized carbons (Fsp3) is 0.400. The quantitative estimate of drug-likeness (QED) is 0.548. The summed E-state index contributed by atoms with van der Waals surface area (Å²) in [6.45, 7) is 4.76. The standard InChI is InChI=1S/C15H20O3/c1-3-17-14(10-11-15(16)18-4-2)12-13-8-6-5-7-9-13/h5-9,12H,3-4,10-11H2,1-2H3. The Labute approximate surface area is 108 Å². The highest BCUT2D eigenvalue weighted by Gasteiger charge is 2.05. The van der Waals surface area contributed by atoms with E-state index in [1.54, 1.807) is 6.92 Å². The highest BCUT2D eigenvalue weighted by Crippen LogP contribution is 2.13. The van der Waals surface area contributed by atoms with Crippen LogP contribution in [0.2, 0.25) is 0 Å². The normalized spacial score (nSPS) is 11.1. The largest absolute Gasteiger partial charge is 0.498 e. The molecule has 0 aliphatic carbocycles. The third kappa shape index (κ3) is 5.53. The van der Waals surface area contributed by atoms with Crippen LogP contribution in [0.15, 0.2) is 36.1 Å². The molecule has 0 amide bonds. The molecule has 0 aromatic heterocycles. The molecule has 3 heteroatoms. The zero-order valence-corrected chi connectivity index (χ0v) is 11.0. The van der Waals surface area contributed by atoms with Crippen molar-refractivity contribution in [2.24, 2.45) is 0 Å². The maximum absolute atomic E-state index is 11.3. The Balaban J connectivity index is 2.59. The van der Waals surface area contributed by atoms with Gasteiger partial charge in [0.05, 0.1) is 25.4 Å². The lowest BCUT2D eigenvalue weighted by Gasteiger charge is -2.08. The van der Waals surface area contributed by atoms with Gasteiger partial charge in [0, 0.05) is 6.42 Å². The second kappa shape index (κ2) is 8.34. The predicted molar refractivity (Wildman–Crippen MR) is 71.9 cm³/mol. The van der Waals surface area contributed by atoms with Crippen molar-refractivity contribution in [3.63, 3.8) is 0 Å². The van der Waals surface area contributed by atoms with Crippen LogP contribution in [0.3, 0.4) is 0 Å². The minimum atomic E-state index is -0.184. The Kier molecular flexibility index (Phi) is 6.62. The first-order valence-corrected chi connectivity index (χ1v) is 6.30. The van der Waals surface area contributed by atoms with Crippen molar-refractivity contribution < 1.29 is 14.3 Å². The van der Waals surface area contributed by atoms with E-state index >= 15 is 0 Å². The molecule has 3 nitrogen and oxygen atoms in total. The first-order chi connectivity index (χ1) is 8.76. The molecule has 98 valence electrons. The summed E-state index contributed by atoms with van der Waals surface area (Å²) in [5.74, 6) is 0.632. The van der Waals surface area contributed by atoms with Gasteiger partial charge >= 0.3 is 5.97 Å². The van der Waals surface area contributed by atoms with Crippen LogP contribution >= 0.6 is 0 Å². The van der Waals surface area contributed by atoms with Gasteiger partial charge in [0.15, 0.2) is 0 Å². The average molecular weight is 248 g/mol. The molecule has 0 aliphatic rings. The smallest absolute Gasteiger partial charge is 0.306 e. The lowest BCUT2D eigenvalue weighted by molar-refractivity contribution is -0.143. The summed E-state index contributed by atoms with van der Waals surface area (Å²) < 4.78 is 10.4. The second-order valence-corrected chi connectivity index (χ2v) is 3.76.